The third kappa shape index (κ3) is 2.63. The largest absolute Gasteiger partial charge is 0.419 e. The maximum absolute atomic E-state index is 13.1. The van der Waals surface area contributed by atoms with Gasteiger partial charge < -0.3 is 4.90 Å². The Kier molecular flexibility index (Phi) is 4.07. The molecule has 0 bridgehead atoms. The van der Waals surface area contributed by atoms with E-state index in [0.29, 0.717) is 6.54 Å². The van der Waals surface area contributed by atoms with Gasteiger partial charge in [-0.25, -0.2) is 4.98 Å². The predicted molar refractivity (Wildman–Crippen MR) is 80.5 cm³/mol. The second-order valence-electron chi connectivity index (χ2n) is 5.43. The number of alkyl halides is 3. The maximum atomic E-state index is 13.1. The van der Waals surface area contributed by atoms with Crippen LogP contribution in [0.2, 0.25) is 0 Å². The molecule has 1 amide bonds. The number of halogens is 3. The van der Waals surface area contributed by atoms with Crippen LogP contribution in [0.3, 0.4) is 0 Å². The Morgan fingerprint density at radius 1 is 1.43 bits per heavy atom. The van der Waals surface area contributed by atoms with E-state index in [1.165, 1.54) is 6.07 Å². The van der Waals surface area contributed by atoms with Crippen molar-refractivity contribution in [2.45, 2.75) is 32.5 Å². The molecule has 1 aromatic heterocycles. The van der Waals surface area contributed by atoms with Gasteiger partial charge in [-0.2, -0.15) is 18.4 Å². The smallest absolute Gasteiger partial charge is 0.335 e. The van der Waals surface area contributed by atoms with E-state index in [9.17, 15) is 18.0 Å². The Hall–Kier alpha value is -2.21. The number of thiocarbonyl (C=S) groups is 1. The molecule has 0 atom stereocenters. The van der Waals surface area contributed by atoms with Gasteiger partial charge >= 0.3 is 6.18 Å². The second kappa shape index (κ2) is 5.45. The van der Waals surface area contributed by atoms with Crippen molar-refractivity contribution in [3.05, 3.63) is 23.5 Å². The van der Waals surface area contributed by atoms with E-state index < -0.39 is 28.9 Å². The van der Waals surface area contributed by atoms with Crippen LogP contribution < -0.4 is 4.90 Å². The SMILES string of the molecule is CCN1C(=S)N(c2cnc(C#N)c(C(F)(F)F)c2)C(=O)C1(C)C. The summed E-state index contributed by atoms with van der Waals surface area (Å²) in [5.74, 6) is -0.441. The Morgan fingerprint density at radius 2 is 2.04 bits per heavy atom. The first-order valence-electron chi connectivity index (χ1n) is 6.69. The second-order valence-corrected chi connectivity index (χ2v) is 5.79. The summed E-state index contributed by atoms with van der Waals surface area (Å²) in [5.41, 5.74) is -3.00. The van der Waals surface area contributed by atoms with E-state index in [2.05, 4.69) is 4.98 Å². The van der Waals surface area contributed by atoms with Gasteiger partial charge in [-0.1, -0.05) is 0 Å². The number of anilines is 1. The highest BCUT2D eigenvalue weighted by Gasteiger charge is 2.49. The monoisotopic (exact) mass is 342 g/mol. The molecule has 23 heavy (non-hydrogen) atoms. The molecule has 0 saturated carbocycles. The van der Waals surface area contributed by atoms with Crippen LogP contribution in [-0.2, 0) is 11.0 Å². The van der Waals surface area contributed by atoms with Crippen molar-refractivity contribution >= 4 is 28.9 Å². The first-order valence-corrected chi connectivity index (χ1v) is 7.10. The molecule has 1 aliphatic rings. The summed E-state index contributed by atoms with van der Waals surface area (Å²) in [6, 6.07) is 2.13. The van der Waals surface area contributed by atoms with E-state index in [1.807, 2.05) is 0 Å². The van der Waals surface area contributed by atoms with Crippen molar-refractivity contribution in [3.63, 3.8) is 0 Å². The average Bonchev–Trinajstić information content (AvgIpc) is 2.63. The zero-order chi connectivity index (χ0) is 17.6. The van der Waals surface area contributed by atoms with Gasteiger partial charge in [0.05, 0.1) is 17.4 Å². The fraction of sp³-hybridized carbons (Fsp3) is 0.429. The molecule has 9 heteroatoms. The summed E-state index contributed by atoms with van der Waals surface area (Å²) in [6.07, 6.45) is -3.70. The number of carbonyl (C=O) groups is 1. The number of pyridine rings is 1. The molecule has 0 unspecified atom stereocenters. The lowest BCUT2D eigenvalue weighted by Gasteiger charge is -2.27. The van der Waals surface area contributed by atoms with Gasteiger partial charge in [0.15, 0.2) is 10.8 Å². The highest BCUT2D eigenvalue weighted by Crippen LogP contribution is 2.36. The van der Waals surface area contributed by atoms with Crippen LogP contribution in [0.1, 0.15) is 32.0 Å². The molecule has 0 spiro atoms. The molecule has 1 saturated heterocycles. The number of nitrogens with zero attached hydrogens (tertiary/aromatic N) is 4. The van der Waals surface area contributed by atoms with E-state index in [1.54, 1.807) is 25.7 Å². The van der Waals surface area contributed by atoms with E-state index in [4.69, 9.17) is 17.5 Å². The van der Waals surface area contributed by atoms with Gasteiger partial charge in [0.2, 0.25) is 0 Å². The molecule has 122 valence electrons. The highest BCUT2D eigenvalue weighted by molar-refractivity contribution is 7.80. The molecule has 0 radical (unpaired) electrons. The summed E-state index contributed by atoms with van der Waals surface area (Å²) >= 11 is 5.22. The standard InChI is InChI=1S/C14H13F3N4OS/c1-4-20-12(23)21(11(22)13(20,2)3)8-5-9(14(15,16)17)10(6-18)19-7-8/h5,7H,4H2,1-3H3. The van der Waals surface area contributed by atoms with Crippen LogP contribution in [-0.4, -0.2) is 33.0 Å². The van der Waals surface area contributed by atoms with E-state index in [0.717, 1.165) is 17.2 Å². The van der Waals surface area contributed by atoms with E-state index >= 15 is 0 Å². The van der Waals surface area contributed by atoms with Crippen LogP contribution in [0, 0.1) is 11.3 Å². The topological polar surface area (TPSA) is 60.2 Å². The number of amides is 1. The van der Waals surface area contributed by atoms with Crippen LogP contribution >= 0.6 is 12.2 Å². The molecule has 0 N–H and O–H groups in total. The Labute approximate surface area is 136 Å². The van der Waals surface area contributed by atoms with Crippen molar-refractivity contribution in [1.82, 2.24) is 9.88 Å². The van der Waals surface area contributed by atoms with Crippen LogP contribution in [0.15, 0.2) is 12.3 Å². The maximum Gasteiger partial charge on any atom is 0.419 e. The minimum Gasteiger partial charge on any atom is -0.335 e. The zero-order valence-electron chi connectivity index (χ0n) is 12.6. The number of hydrogen-bond donors (Lipinski definition) is 0. The summed E-state index contributed by atoms with van der Waals surface area (Å²) < 4.78 is 39.2. The van der Waals surface area contributed by atoms with Crippen molar-refractivity contribution < 1.29 is 18.0 Å². The zero-order valence-corrected chi connectivity index (χ0v) is 13.4. The minimum atomic E-state index is -4.75. The van der Waals surface area contributed by atoms with Gasteiger partial charge in [-0.3, -0.25) is 9.69 Å². The number of nitriles is 1. The van der Waals surface area contributed by atoms with Crippen LogP contribution in [0.25, 0.3) is 0 Å². The Balaban J connectivity index is 2.58. The first-order chi connectivity index (χ1) is 10.6. The molecule has 1 aromatic rings. The van der Waals surface area contributed by atoms with Crippen molar-refractivity contribution in [3.8, 4) is 6.07 Å². The lowest BCUT2D eigenvalue weighted by atomic mass is 10.0. The Bertz CT molecular complexity index is 724. The van der Waals surface area contributed by atoms with Crippen molar-refractivity contribution in [1.29, 1.82) is 5.26 Å². The lowest BCUT2D eigenvalue weighted by molar-refractivity contribution is -0.138. The van der Waals surface area contributed by atoms with Gasteiger partial charge in [0.25, 0.3) is 5.91 Å². The quantitative estimate of drug-likeness (QED) is 0.774. The fourth-order valence-electron chi connectivity index (χ4n) is 2.48. The molecule has 2 heterocycles. The molecular weight excluding hydrogens is 329 g/mol. The van der Waals surface area contributed by atoms with Crippen molar-refractivity contribution in [2.75, 3.05) is 11.4 Å². The first kappa shape index (κ1) is 17.1. The van der Waals surface area contributed by atoms with Gasteiger partial charge in [-0.15, -0.1) is 0 Å². The molecule has 5 nitrogen and oxygen atoms in total. The molecule has 2 rings (SSSR count). The molecule has 0 aromatic carbocycles. The summed E-state index contributed by atoms with van der Waals surface area (Å²) in [4.78, 5) is 18.7. The third-order valence-corrected chi connectivity index (χ3v) is 4.09. The Morgan fingerprint density at radius 3 is 2.48 bits per heavy atom. The number of hydrogen-bond acceptors (Lipinski definition) is 4. The predicted octanol–water partition coefficient (Wildman–Crippen LogP) is 2.70. The molecule has 0 aliphatic carbocycles. The summed E-state index contributed by atoms with van der Waals surface area (Å²) in [7, 11) is 0. The molecule has 1 fully saturated rings. The van der Waals surface area contributed by atoms with Crippen LogP contribution in [0.5, 0.6) is 0 Å². The minimum absolute atomic E-state index is 0.102. The number of rotatable bonds is 2. The number of carbonyl (C=O) groups excluding carboxylic acids is 1. The van der Waals surface area contributed by atoms with Crippen LogP contribution in [0.4, 0.5) is 18.9 Å². The van der Waals surface area contributed by atoms with Crippen molar-refractivity contribution in [2.24, 2.45) is 0 Å². The highest BCUT2D eigenvalue weighted by atomic mass is 32.1. The molecule has 1 aliphatic heterocycles. The number of aromatic nitrogens is 1. The third-order valence-electron chi connectivity index (χ3n) is 3.68. The lowest BCUT2D eigenvalue weighted by Crippen LogP contribution is -2.43. The molecular formula is C14H13F3N4OS. The van der Waals surface area contributed by atoms with Gasteiger partial charge in [0.1, 0.15) is 11.6 Å². The summed E-state index contributed by atoms with van der Waals surface area (Å²) in [5, 5.41) is 8.89. The van der Waals surface area contributed by atoms with E-state index in [-0.39, 0.29) is 10.8 Å². The average molecular weight is 342 g/mol. The normalized spacial score (nSPS) is 17.6. The summed E-state index contributed by atoms with van der Waals surface area (Å²) in [6.45, 7) is 5.52. The number of likely N-dealkylation sites (N-methyl/N-ethyl adjacent to an activating group) is 1. The fourth-order valence-corrected chi connectivity index (χ4v) is 3.02. The van der Waals surface area contributed by atoms with Gasteiger partial charge in [0, 0.05) is 6.54 Å². The van der Waals surface area contributed by atoms with Gasteiger partial charge in [-0.05, 0) is 39.1 Å².